The summed E-state index contributed by atoms with van der Waals surface area (Å²) in [5.74, 6) is 1.30. The molecule has 2 aromatic carbocycles. The van der Waals surface area contributed by atoms with Crippen molar-refractivity contribution in [3.63, 3.8) is 0 Å². The molecule has 1 aliphatic heterocycles. The van der Waals surface area contributed by atoms with Gasteiger partial charge in [-0.1, -0.05) is 18.2 Å². The lowest BCUT2D eigenvalue weighted by Crippen LogP contribution is -2.36. The van der Waals surface area contributed by atoms with Gasteiger partial charge in [0.25, 0.3) is 5.91 Å². The van der Waals surface area contributed by atoms with Crippen molar-refractivity contribution >= 4 is 11.9 Å². The fourth-order valence-corrected chi connectivity index (χ4v) is 2.76. The maximum absolute atomic E-state index is 12.3. The molecule has 27 heavy (non-hydrogen) atoms. The van der Waals surface area contributed by atoms with E-state index in [4.69, 9.17) is 9.47 Å². The molecule has 0 saturated heterocycles. The minimum Gasteiger partial charge on any atom is -0.486 e. The number of benzene rings is 2. The molecule has 2 N–H and O–H groups in total. The molecule has 0 fully saturated rings. The highest BCUT2D eigenvalue weighted by molar-refractivity contribution is 5.93. The number of hydrogen-bond acceptors (Lipinski definition) is 4. The minimum absolute atomic E-state index is 0.132. The third-order valence-corrected chi connectivity index (χ3v) is 4.26. The van der Waals surface area contributed by atoms with Crippen molar-refractivity contribution in [2.45, 2.75) is 13.1 Å². The molecule has 0 atom stereocenters. The van der Waals surface area contributed by atoms with Gasteiger partial charge in [0.15, 0.2) is 11.5 Å². The number of amides is 3. The second kappa shape index (κ2) is 8.44. The first kappa shape index (κ1) is 18.6. The normalized spacial score (nSPS) is 12.2. The highest BCUT2D eigenvalue weighted by Crippen LogP contribution is 2.30. The van der Waals surface area contributed by atoms with E-state index in [0.717, 1.165) is 16.9 Å². The fraction of sp³-hybridized carbons (Fsp3) is 0.300. The first-order valence-electron chi connectivity index (χ1n) is 8.75. The molecule has 0 radical (unpaired) electrons. The van der Waals surface area contributed by atoms with Crippen molar-refractivity contribution in [2.75, 3.05) is 27.3 Å². The predicted octanol–water partition coefficient (Wildman–Crippen LogP) is 2.16. The molecule has 142 valence electrons. The van der Waals surface area contributed by atoms with Crippen molar-refractivity contribution in [1.82, 2.24) is 15.5 Å². The number of nitrogens with zero attached hydrogens (tertiary/aromatic N) is 1. The quantitative estimate of drug-likeness (QED) is 0.846. The van der Waals surface area contributed by atoms with E-state index >= 15 is 0 Å². The summed E-state index contributed by atoms with van der Waals surface area (Å²) in [5.41, 5.74) is 2.47. The molecule has 1 heterocycles. The molecule has 2 aromatic rings. The average molecular weight is 369 g/mol. The zero-order valence-corrected chi connectivity index (χ0v) is 15.5. The van der Waals surface area contributed by atoms with Gasteiger partial charge in [0.05, 0.1) is 0 Å². The van der Waals surface area contributed by atoms with E-state index in [1.807, 2.05) is 30.3 Å². The van der Waals surface area contributed by atoms with Crippen LogP contribution in [0.25, 0.3) is 0 Å². The molecule has 0 aliphatic carbocycles. The van der Waals surface area contributed by atoms with Crippen LogP contribution in [0.5, 0.6) is 11.5 Å². The summed E-state index contributed by atoms with van der Waals surface area (Å²) in [6.45, 7) is 1.93. The summed E-state index contributed by atoms with van der Waals surface area (Å²) in [5, 5.41) is 5.47. The number of nitrogens with one attached hydrogen (secondary N) is 2. The second-order valence-electron chi connectivity index (χ2n) is 6.27. The highest BCUT2D eigenvalue weighted by Gasteiger charge is 2.13. The third-order valence-electron chi connectivity index (χ3n) is 4.26. The Kier molecular flexibility index (Phi) is 5.80. The highest BCUT2D eigenvalue weighted by atomic mass is 16.6. The molecule has 1 aliphatic rings. The smallest absolute Gasteiger partial charge is 0.317 e. The van der Waals surface area contributed by atoms with Crippen LogP contribution in [0.1, 0.15) is 21.5 Å². The number of hydrogen-bond donors (Lipinski definition) is 2. The summed E-state index contributed by atoms with van der Waals surface area (Å²) in [4.78, 5) is 25.5. The summed E-state index contributed by atoms with van der Waals surface area (Å²) in [6.07, 6.45) is 0. The van der Waals surface area contributed by atoms with Gasteiger partial charge in [0.2, 0.25) is 0 Å². The van der Waals surface area contributed by atoms with E-state index < -0.39 is 0 Å². The van der Waals surface area contributed by atoms with Crippen LogP contribution in [-0.2, 0) is 13.1 Å². The molecule has 0 spiro atoms. The van der Waals surface area contributed by atoms with E-state index in [0.29, 0.717) is 37.6 Å². The number of ether oxygens (including phenoxy) is 2. The van der Waals surface area contributed by atoms with E-state index in [1.165, 1.54) is 0 Å². The summed E-state index contributed by atoms with van der Waals surface area (Å²) in [7, 11) is 3.32. The lowest BCUT2D eigenvalue weighted by Gasteiger charge is -2.20. The number of carbonyl (C=O) groups is 2. The van der Waals surface area contributed by atoms with Crippen LogP contribution in [0.2, 0.25) is 0 Å². The zero-order chi connectivity index (χ0) is 19.2. The largest absolute Gasteiger partial charge is 0.486 e. The molecule has 0 aromatic heterocycles. The van der Waals surface area contributed by atoms with Gasteiger partial charge in [-0.05, 0) is 35.4 Å². The van der Waals surface area contributed by atoms with Gasteiger partial charge < -0.3 is 25.0 Å². The first-order valence-corrected chi connectivity index (χ1v) is 8.75. The Bertz CT molecular complexity index is 820. The Morgan fingerprint density at radius 1 is 1.00 bits per heavy atom. The molecule has 3 rings (SSSR count). The van der Waals surface area contributed by atoms with Crippen LogP contribution in [0.4, 0.5) is 4.79 Å². The van der Waals surface area contributed by atoms with Crippen LogP contribution in [0.3, 0.4) is 0 Å². The van der Waals surface area contributed by atoms with Crippen molar-refractivity contribution < 1.29 is 19.1 Å². The lowest BCUT2D eigenvalue weighted by atomic mass is 10.1. The maximum Gasteiger partial charge on any atom is 0.317 e. The standard InChI is InChI=1S/C20H23N3O4/c1-21-19(24)16-6-3-14(4-7-16)13-23(2)20(25)22-12-15-5-8-17-18(11-15)27-10-9-26-17/h3-8,11H,9-10,12-13H2,1-2H3,(H,21,24)(H,22,25). The Hall–Kier alpha value is -3.22. The van der Waals surface area contributed by atoms with E-state index in [1.54, 1.807) is 31.1 Å². The van der Waals surface area contributed by atoms with E-state index in [9.17, 15) is 9.59 Å². The number of carbonyl (C=O) groups excluding carboxylic acids is 2. The number of urea groups is 1. The Labute approximate surface area is 158 Å². The third kappa shape index (κ3) is 4.69. The van der Waals surface area contributed by atoms with Crippen LogP contribution in [0.15, 0.2) is 42.5 Å². The SMILES string of the molecule is CNC(=O)c1ccc(CN(C)C(=O)NCc2ccc3c(c2)OCCO3)cc1. The van der Waals surface area contributed by atoms with E-state index in [-0.39, 0.29) is 11.9 Å². The second-order valence-corrected chi connectivity index (χ2v) is 6.27. The molecule has 7 nitrogen and oxygen atoms in total. The molecule has 0 saturated carbocycles. The molecule has 0 unspecified atom stereocenters. The van der Waals surface area contributed by atoms with Gasteiger partial charge in [-0.15, -0.1) is 0 Å². The van der Waals surface area contributed by atoms with Gasteiger partial charge >= 0.3 is 6.03 Å². The van der Waals surface area contributed by atoms with Gasteiger partial charge in [0.1, 0.15) is 13.2 Å². The maximum atomic E-state index is 12.3. The molecule has 7 heteroatoms. The Morgan fingerprint density at radius 2 is 1.67 bits per heavy atom. The van der Waals surface area contributed by atoms with Crippen LogP contribution in [0, 0.1) is 0 Å². The van der Waals surface area contributed by atoms with Crippen molar-refractivity contribution in [2.24, 2.45) is 0 Å². The monoisotopic (exact) mass is 369 g/mol. The Balaban J connectivity index is 1.52. The van der Waals surface area contributed by atoms with Crippen LogP contribution < -0.4 is 20.1 Å². The van der Waals surface area contributed by atoms with Gasteiger partial charge in [-0.2, -0.15) is 0 Å². The van der Waals surface area contributed by atoms with Crippen molar-refractivity contribution in [3.05, 3.63) is 59.2 Å². The molecule has 3 amide bonds. The summed E-state index contributed by atoms with van der Waals surface area (Å²) >= 11 is 0. The average Bonchev–Trinajstić information content (AvgIpc) is 2.71. The van der Waals surface area contributed by atoms with Crippen molar-refractivity contribution in [3.8, 4) is 11.5 Å². The molecular formula is C20H23N3O4. The first-order chi connectivity index (χ1) is 13.1. The predicted molar refractivity (Wildman–Crippen MR) is 101 cm³/mol. The van der Waals surface area contributed by atoms with Crippen LogP contribution in [-0.4, -0.2) is 44.1 Å². The van der Waals surface area contributed by atoms with Gasteiger partial charge in [0, 0.05) is 32.7 Å². The summed E-state index contributed by atoms with van der Waals surface area (Å²) in [6, 6.07) is 12.6. The lowest BCUT2D eigenvalue weighted by molar-refractivity contribution is 0.0963. The molecular weight excluding hydrogens is 346 g/mol. The Morgan fingerprint density at radius 3 is 2.37 bits per heavy atom. The minimum atomic E-state index is -0.180. The number of rotatable bonds is 5. The summed E-state index contributed by atoms with van der Waals surface area (Å²) < 4.78 is 11.0. The van der Waals surface area contributed by atoms with Crippen LogP contribution >= 0.6 is 0 Å². The number of fused-ring (bicyclic) bond motifs is 1. The van der Waals surface area contributed by atoms with Gasteiger partial charge in [-0.3, -0.25) is 4.79 Å². The fourth-order valence-electron chi connectivity index (χ4n) is 2.76. The topological polar surface area (TPSA) is 79.9 Å². The molecule has 0 bridgehead atoms. The van der Waals surface area contributed by atoms with Gasteiger partial charge in [-0.25, -0.2) is 4.79 Å². The van der Waals surface area contributed by atoms with Crippen molar-refractivity contribution in [1.29, 1.82) is 0 Å². The van der Waals surface area contributed by atoms with E-state index in [2.05, 4.69) is 10.6 Å². The zero-order valence-electron chi connectivity index (χ0n) is 15.5.